The lowest BCUT2D eigenvalue weighted by Gasteiger charge is -2.35. The third-order valence-electron chi connectivity index (χ3n) is 5.13. The number of aliphatic hydroxyl groups is 1. The van der Waals surface area contributed by atoms with Crippen molar-refractivity contribution in [2.24, 2.45) is 5.92 Å². The lowest BCUT2D eigenvalue weighted by Crippen LogP contribution is -2.42. The second kappa shape index (κ2) is 9.07. The number of amides is 1. The van der Waals surface area contributed by atoms with Crippen LogP contribution >= 0.6 is 27.5 Å². The molecule has 1 aliphatic heterocycles. The van der Waals surface area contributed by atoms with E-state index in [4.69, 9.17) is 16.3 Å². The van der Waals surface area contributed by atoms with E-state index < -0.39 is 11.7 Å². The van der Waals surface area contributed by atoms with Crippen molar-refractivity contribution in [2.45, 2.75) is 45.3 Å². The zero-order valence-corrected chi connectivity index (χ0v) is 19.3. The van der Waals surface area contributed by atoms with Gasteiger partial charge in [0.05, 0.1) is 6.10 Å². The first-order chi connectivity index (χ1) is 13.6. The van der Waals surface area contributed by atoms with E-state index in [2.05, 4.69) is 15.9 Å². The van der Waals surface area contributed by atoms with Crippen molar-refractivity contribution >= 4 is 33.6 Å². The maximum Gasteiger partial charge on any atom is 0.410 e. The molecular formula is C23H27BrClNO3. The zero-order chi connectivity index (χ0) is 21.2. The summed E-state index contributed by atoms with van der Waals surface area (Å²) in [6.45, 7) is 6.77. The number of hydrogen-bond acceptors (Lipinski definition) is 3. The van der Waals surface area contributed by atoms with Gasteiger partial charge in [-0.25, -0.2) is 4.79 Å². The molecule has 1 atom stereocenters. The molecule has 0 bridgehead atoms. The number of likely N-dealkylation sites (tertiary alicyclic amines) is 1. The molecule has 0 aromatic heterocycles. The third kappa shape index (κ3) is 5.74. The largest absolute Gasteiger partial charge is 0.444 e. The van der Waals surface area contributed by atoms with E-state index >= 15 is 0 Å². The Balaban J connectivity index is 1.74. The van der Waals surface area contributed by atoms with Crippen molar-refractivity contribution in [3.8, 4) is 11.1 Å². The van der Waals surface area contributed by atoms with Crippen molar-refractivity contribution in [3.05, 3.63) is 57.5 Å². The van der Waals surface area contributed by atoms with Gasteiger partial charge >= 0.3 is 6.09 Å². The molecule has 29 heavy (non-hydrogen) atoms. The predicted molar refractivity (Wildman–Crippen MR) is 120 cm³/mol. The summed E-state index contributed by atoms with van der Waals surface area (Å²) in [5.74, 6) is 0.0778. The molecule has 2 aromatic rings. The normalized spacial score (nSPS) is 16.6. The highest BCUT2D eigenvalue weighted by molar-refractivity contribution is 9.10. The summed E-state index contributed by atoms with van der Waals surface area (Å²) in [5.41, 5.74) is 2.39. The van der Waals surface area contributed by atoms with Gasteiger partial charge in [-0.2, -0.15) is 0 Å². The van der Waals surface area contributed by atoms with Crippen LogP contribution in [0.4, 0.5) is 4.79 Å². The molecule has 4 nitrogen and oxygen atoms in total. The van der Waals surface area contributed by atoms with Crippen molar-refractivity contribution in [1.82, 2.24) is 4.90 Å². The maximum absolute atomic E-state index is 12.3. The number of rotatable bonds is 3. The van der Waals surface area contributed by atoms with E-state index in [0.717, 1.165) is 34.0 Å². The van der Waals surface area contributed by atoms with Crippen LogP contribution in [0.5, 0.6) is 0 Å². The molecule has 1 aliphatic rings. The van der Waals surface area contributed by atoms with Crippen molar-refractivity contribution in [1.29, 1.82) is 0 Å². The number of carbonyl (C=O) groups excluding carboxylic acids is 1. The van der Waals surface area contributed by atoms with Gasteiger partial charge in [-0.1, -0.05) is 45.7 Å². The smallest absolute Gasteiger partial charge is 0.410 e. The molecular weight excluding hydrogens is 454 g/mol. The molecule has 2 aromatic carbocycles. The highest BCUT2D eigenvalue weighted by Gasteiger charge is 2.31. The van der Waals surface area contributed by atoms with Gasteiger partial charge in [-0.15, -0.1) is 0 Å². The molecule has 1 fully saturated rings. The molecule has 1 saturated heterocycles. The van der Waals surface area contributed by atoms with Gasteiger partial charge in [0, 0.05) is 22.6 Å². The van der Waals surface area contributed by atoms with E-state index in [0.29, 0.717) is 18.1 Å². The van der Waals surface area contributed by atoms with E-state index in [1.807, 2.05) is 63.2 Å². The Hall–Kier alpha value is -1.56. The van der Waals surface area contributed by atoms with Crippen LogP contribution in [-0.4, -0.2) is 34.8 Å². The molecule has 0 saturated carbocycles. The summed E-state index contributed by atoms with van der Waals surface area (Å²) in [6, 6.07) is 13.6. The van der Waals surface area contributed by atoms with Gasteiger partial charge in [-0.05, 0) is 80.5 Å². The first-order valence-corrected chi connectivity index (χ1v) is 11.0. The third-order valence-corrected chi connectivity index (χ3v) is 5.87. The minimum absolute atomic E-state index is 0.0778. The highest BCUT2D eigenvalue weighted by atomic mass is 79.9. The Morgan fingerprint density at radius 3 is 2.38 bits per heavy atom. The molecule has 3 rings (SSSR count). The van der Waals surface area contributed by atoms with Gasteiger partial charge in [0.2, 0.25) is 0 Å². The Morgan fingerprint density at radius 1 is 1.17 bits per heavy atom. The van der Waals surface area contributed by atoms with Crippen LogP contribution in [0.3, 0.4) is 0 Å². The molecule has 1 N–H and O–H groups in total. The van der Waals surface area contributed by atoms with Crippen LogP contribution in [0.2, 0.25) is 5.02 Å². The van der Waals surface area contributed by atoms with Crippen molar-refractivity contribution < 1.29 is 14.6 Å². The van der Waals surface area contributed by atoms with Crippen molar-refractivity contribution in [3.63, 3.8) is 0 Å². The van der Waals surface area contributed by atoms with Gasteiger partial charge in [0.15, 0.2) is 0 Å². The SMILES string of the molecule is CC(C)(C)OC(=O)N1CCC(C(O)c2cc(Br)ccc2-c2ccc(Cl)cc2)CC1. The summed E-state index contributed by atoms with van der Waals surface area (Å²) in [6.07, 6.45) is 0.564. The molecule has 1 unspecified atom stereocenters. The van der Waals surface area contributed by atoms with E-state index in [-0.39, 0.29) is 12.0 Å². The summed E-state index contributed by atoms with van der Waals surface area (Å²) in [7, 11) is 0. The Morgan fingerprint density at radius 2 is 1.79 bits per heavy atom. The standard InChI is InChI=1S/C23H27BrClNO3/c1-23(2,3)29-22(28)26-12-10-16(11-13-26)21(27)20-14-17(24)6-9-19(20)15-4-7-18(25)8-5-15/h4-9,14,16,21,27H,10-13H2,1-3H3. The summed E-state index contributed by atoms with van der Waals surface area (Å²) < 4.78 is 6.39. The molecule has 156 valence electrons. The Labute approximate surface area is 185 Å². The van der Waals surface area contributed by atoms with Crippen LogP contribution in [0.1, 0.15) is 45.3 Å². The van der Waals surface area contributed by atoms with Crippen molar-refractivity contribution in [2.75, 3.05) is 13.1 Å². The lowest BCUT2D eigenvalue weighted by atomic mass is 9.84. The second-order valence-corrected chi connectivity index (χ2v) is 9.84. The molecule has 1 amide bonds. The molecule has 0 aliphatic carbocycles. The average Bonchev–Trinajstić information content (AvgIpc) is 2.67. The number of carbonyl (C=O) groups is 1. The fourth-order valence-corrected chi connectivity index (χ4v) is 4.15. The number of halogens is 2. The summed E-state index contributed by atoms with van der Waals surface area (Å²) >= 11 is 9.56. The number of hydrogen-bond donors (Lipinski definition) is 1. The van der Waals surface area contributed by atoms with Gasteiger partial charge in [0.1, 0.15) is 5.60 Å². The van der Waals surface area contributed by atoms with Gasteiger partial charge in [-0.3, -0.25) is 0 Å². The second-order valence-electron chi connectivity index (χ2n) is 8.49. The van der Waals surface area contributed by atoms with E-state index in [1.54, 1.807) is 4.90 Å². The topological polar surface area (TPSA) is 49.8 Å². The molecule has 0 spiro atoms. The molecule has 1 heterocycles. The minimum Gasteiger partial charge on any atom is -0.444 e. The first-order valence-electron chi connectivity index (χ1n) is 9.85. The zero-order valence-electron chi connectivity index (χ0n) is 17.0. The Kier molecular flexibility index (Phi) is 6.92. The van der Waals surface area contributed by atoms with Crippen LogP contribution in [-0.2, 0) is 4.74 Å². The number of nitrogens with zero attached hydrogens (tertiary/aromatic N) is 1. The lowest BCUT2D eigenvalue weighted by molar-refractivity contribution is 0.00772. The van der Waals surface area contributed by atoms with Crippen LogP contribution in [0.15, 0.2) is 46.9 Å². The fourth-order valence-electron chi connectivity index (χ4n) is 3.65. The predicted octanol–water partition coefficient (Wildman–Crippen LogP) is 6.45. The minimum atomic E-state index is -0.612. The average molecular weight is 481 g/mol. The number of piperidine rings is 1. The first kappa shape index (κ1) is 22.1. The monoisotopic (exact) mass is 479 g/mol. The van der Waals surface area contributed by atoms with E-state index in [1.165, 1.54) is 0 Å². The fraction of sp³-hybridized carbons (Fsp3) is 0.435. The molecule has 0 radical (unpaired) electrons. The van der Waals surface area contributed by atoms with Gasteiger partial charge < -0.3 is 14.7 Å². The number of aliphatic hydroxyl groups excluding tert-OH is 1. The summed E-state index contributed by atoms with van der Waals surface area (Å²) in [4.78, 5) is 14.0. The van der Waals surface area contributed by atoms with Crippen LogP contribution in [0, 0.1) is 5.92 Å². The van der Waals surface area contributed by atoms with E-state index in [9.17, 15) is 9.90 Å². The molecule has 6 heteroatoms. The summed E-state index contributed by atoms with van der Waals surface area (Å²) in [5, 5.41) is 11.9. The number of ether oxygens (including phenoxy) is 1. The Bertz CT molecular complexity index is 855. The number of benzene rings is 2. The highest BCUT2D eigenvalue weighted by Crippen LogP contribution is 2.38. The van der Waals surface area contributed by atoms with Crippen LogP contribution < -0.4 is 0 Å². The quantitative estimate of drug-likeness (QED) is 0.549. The maximum atomic E-state index is 12.3. The van der Waals surface area contributed by atoms with Crippen LogP contribution in [0.25, 0.3) is 11.1 Å². The van der Waals surface area contributed by atoms with Gasteiger partial charge in [0.25, 0.3) is 0 Å².